The molecule has 1 aliphatic heterocycles. The van der Waals surface area contributed by atoms with E-state index in [0.29, 0.717) is 13.2 Å². The average molecular weight is 327 g/mol. The molecule has 0 spiro atoms. The van der Waals surface area contributed by atoms with Crippen LogP contribution < -0.4 is 11.1 Å². The number of benzene rings is 1. The maximum atomic E-state index is 12.2. The first-order valence-electron chi connectivity index (χ1n) is 7.94. The van der Waals surface area contributed by atoms with Gasteiger partial charge in [0, 0.05) is 18.9 Å². The molecule has 1 aliphatic rings. The summed E-state index contributed by atoms with van der Waals surface area (Å²) in [5.74, 6) is 0.130. The van der Waals surface area contributed by atoms with Gasteiger partial charge < -0.3 is 15.8 Å². The van der Waals surface area contributed by atoms with E-state index in [1.807, 2.05) is 12.1 Å². The van der Waals surface area contributed by atoms with Gasteiger partial charge >= 0.3 is 0 Å². The van der Waals surface area contributed by atoms with Crippen LogP contribution in [0.4, 0.5) is 5.69 Å². The molecular formula is C17H27ClN2O2. The van der Waals surface area contributed by atoms with Gasteiger partial charge in [0.15, 0.2) is 0 Å². The molecule has 1 aromatic carbocycles. The molecule has 1 aromatic rings. The number of carbonyl (C=O) groups is 1. The van der Waals surface area contributed by atoms with Gasteiger partial charge in [-0.1, -0.05) is 25.5 Å². The second-order valence-corrected chi connectivity index (χ2v) is 5.77. The standard InChI is InChI=1S/C17H26N2O2.ClH/c1-2-3-4-13-5-7-15(8-6-13)19-17(20)16(18)14-9-11-21-12-10-14;/h5-8,14,16H,2-4,9-12,18H2,1H3,(H,19,20);1H. The van der Waals surface area contributed by atoms with Gasteiger partial charge in [0.2, 0.25) is 5.91 Å². The second kappa shape index (κ2) is 9.82. The van der Waals surface area contributed by atoms with E-state index in [4.69, 9.17) is 10.5 Å². The highest BCUT2D eigenvalue weighted by Crippen LogP contribution is 2.19. The molecule has 1 fully saturated rings. The maximum Gasteiger partial charge on any atom is 0.241 e. The smallest absolute Gasteiger partial charge is 0.241 e. The summed E-state index contributed by atoms with van der Waals surface area (Å²) in [6, 6.07) is 7.61. The number of aryl methyl sites for hydroxylation is 1. The van der Waals surface area contributed by atoms with E-state index in [1.165, 1.54) is 18.4 Å². The van der Waals surface area contributed by atoms with Gasteiger partial charge in [-0.05, 0) is 49.3 Å². The lowest BCUT2D eigenvalue weighted by Gasteiger charge is -2.26. The zero-order valence-corrected chi connectivity index (χ0v) is 14.0. The zero-order chi connectivity index (χ0) is 15.1. The molecule has 124 valence electrons. The Balaban J connectivity index is 0.00000242. The molecular weight excluding hydrogens is 300 g/mol. The summed E-state index contributed by atoms with van der Waals surface area (Å²) in [5.41, 5.74) is 8.20. The molecule has 0 aliphatic carbocycles. The maximum absolute atomic E-state index is 12.2. The van der Waals surface area contributed by atoms with Crippen molar-refractivity contribution in [1.82, 2.24) is 0 Å². The average Bonchev–Trinajstić information content (AvgIpc) is 2.54. The van der Waals surface area contributed by atoms with Crippen molar-refractivity contribution in [1.29, 1.82) is 0 Å². The minimum atomic E-state index is -0.450. The van der Waals surface area contributed by atoms with Gasteiger partial charge in [0.25, 0.3) is 0 Å². The molecule has 3 N–H and O–H groups in total. The lowest BCUT2D eigenvalue weighted by atomic mass is 9.92. The largest absolute Gasteiger partial charge is 0.381 e. The summed E-state index contributed by atoms with van der Waals surface area (Å²) in [7, 11) is 0. The Morgan fingerprint density at radius 2 is 1.95 bits per heavy atom. The van der Waals surface area contributed by atoms with E-state index in [-0.39, 0.29) is 24.2 Å². The van der Waals surface area contributed by atoms with E-state index in [1.54, 1.807) is 0 Å². The highest BCUT2D eigenvalue weighted by atomic mass is 35.5. The number of ether oxygens (including phenoxy) is 1. The molecule has 0 radical (unpaired) electrons. The van der Waals surface area contributed by atoms with E-state index >= 15 is 0 Å². The fraction of sp³-hybridized carbons (Fsp3) is 0.588. The van der Waals surface area contributed by atoms with Gasteiger partial charge in [0.1, 0.15) is 0 Å². The number of carbonyl (C=O) groups excluding carboxylic acids is 1. The van der Waals surface area contributed by atoms with Crippen LogP contribution >= 0.6 is 12.4 Å². The number of nitrogens with one attached hydrogen (secondary N) is 1. The number of rotatable bonds is 6. The van der Waals surface area contributed by atoms with Crippen LogP contribution in [0.25, 0.3) is 0 Å². The number of nitrogens with two attached hydrogens (primary N) is 1. The summed E-state index contributed by atoms with van der Waals surface area (Å²) in [6.07, 6.45) is 5.21. The molecule has 1 amide bonds. The second-order valence-electron chi connectivity index (χ2n) is 5.77. The van der Waals surface area contributed by atoms with Crippen molar-refractivity contribution in [2.24, 2.45) is 11.7 Å². The molecule has 1 atom stereocenters. The lowest BCUT2D eigenvalue weighted by molar-refractivity contribution is -0.119. The Morgan fingerprint density at radius 3 is 2.55 bits per heavy atom. The molecule has 0 saturated carbocycles. The normalized spacial score (nSPS) is 16.6. The van der Waals surface area contributed by atoms with Crippen molar-refractivity contribution in [2.45, 2.75) is 45.1 Å². The number of halogens is 1. The first-order chi connectivity index (χ1) is 10.2. The third-order valence-corrected chi connectivity index (χ3v) is 4.12. The van der Waals surface area contributed by atoms with Crippen molar-refractivity contribution in [3.8, 4) is 0 Å². The summed E-state index contributed by atoms with van der Waals surface area (Å²) < 4.78 is 5.31. The van der Waals surface area contributed by atoms with Crippen LogP contribution in [-0.4, -0.2) is 25.2 Å². The van der Waals surface area contributed by atoms with Crippen molar-refractivity contribution in [2.75, 3.05) is 18.5 Å². The van der Waals surface area contributed by atoms with E-state index in [2.05, 4.69) is 24.4 Å². The van der Waals surface area contributed by atoms with Crippen LogP contribution in [0.2, 0.25) is 0 Å². The van der Waals surface area contributed by atoms with Crippen LogP contribution in [0.15, 0.2) is 24.3 Å². The first-order valence-corrected chi connectivity index (χ1v) is 7.94. The van der Waals surface area contributed by atoms with Gasteiger partial charge in [-0.3, -0.25) is 4.79 Å². The van der Waals surface area contributed by atoms with Crippen molar-refractivity contribution < 1.29 is 9.53 Å². The van der Waals surface area contributed by atoms with Crippen molar-refractivity contribution >= 4 is 24.0 Å². The monoisotopic (exact) mass is 326 g/mol. The highest BCUT2D eigenvalue weighted by Gasteiger charge is 2.26. The number of hydrogen-bond acceptors (Lipinski definition) is 3. The number of unbranched alkanes of at least 4 members (excludes halogenated alkanes) is 1. The number of amides is 1. The van der Waals surface area contributed by atoms with E-state index in [0.717, 1.165) is 24.9 Å². The molecule has 1 saturated heterocycles. The summed E-state index contributed by atoms with van der Waals surface area (Å²) in [5, 5.41) is 2.92. The van der Waals surface area contributed by atoms with E-state index < -0.39 is 6.04 Å². The number of anilines is 1. The Labute approximate surface area is 139 Å². The lowest BCUT2D eigenvalue weighted by Crippen LogP contribution is -2.43. The number of hydrogen-bond donors (Lipinski definition) is 2. The minimum absolute atomic E-state index is 0. The van der Waals surface area contributed by atoms with Crippen LogP contribution in [0.1, 0.15) is 38.2 Å². The van der Waals surface area contributed by atoms with Crippen LogP contribution in [0, 0.1) is 5.92 Å². The third kappa shape index (κ3) is 5.59. The van der Waals surface area contributed by atoms with Gasteiger partial charge in [0.05, 0.1) is 6.04 Å². The molecule has 2 rings (SSSR count). The summed E-state index contributed by atoms with van der Waals surface area (Å²) >= 11 is 0. The SMILES string of the molecule is CCCCc1ccc(NC(=O)C(N)C2CCOCC2)cc1.Cl. The minimum Gasteiger partial charge on any atom is -0.381 e. The Morgan fingerprint density at radius 1 is 1.32 bits per heavy atom. The fourth-order valence-corrected chi connectivity index (χ4v) is 2.65. The summed E-state index contributed by atoms with van der Waals surface area (Å²) in [4.78, 5) is 12.2. The van der Waals surface area contributed by atoms with Crippen molar-refractivity contribution in [3.05, 3.63) is 29.8 Å². The molecule has 5 heteroatoms. The quantitative estimate of drug-likeness (QED) is 0.844. The fourth-order valence-electron chi connectivity index (χ4n) is 2.65. The molecule has 0 aromatic heterocycles. The topological polar surface area (TPSA) is 64.4 Å². The van der Waals surface area contributed by atoms with Crippen molar-refractivity contribution in [3.63, 3.8) is 0 Å². The van der Waals surface area contributed by atoms with Crippen LogP contribution in [-0.2, 0) is 16.0 Å². The van der Waals surface area contributed by atoms with Crippen LogP contribution in [0.5, 0.6) is 0 Å². The van der Waals surface area contributed by atoms with E-state index in [9.17, 15) is 4.79 Å². The summed E-state index contributed by atoms with van der Waals surface area (Å²) in [6.45, 7) is 3.60. The third-order valence-electron chi connectivity index (χ3n) is 4.12. The molecule has 4 nitrogen and oxygen atoms in total. The van der Waals surface area contributed by atoms with Gasteiger partial charge in [-0.15, -0.1) is 12.4 Å². The molecule has 22 heavy (non-hydrogen) atoms. The van der Waals surface area contributed by atoms with Crippen LogP contribution in [0.3, 0.4) is 0 Å². The Bertz CT molecular complexity index is 444. The van der Waals surface area contributed by atoms with Gasteiger partial charge in [-0.2, -0.15) is 0 Å². The molecule has 1 unspecified atom stereocenters. The highest BCUT2D eigenvalue weighted by molar-refractivity contribution is 5.94. The molecule has 0 bridgehead atoms. The predicted octanol–water partition coefficient (Wildman–Crippen LogP) is 3.14. The van der Waals surface area contributed by atoms with Gasteiger partial charge in [-0.25, -0.2) is 0 Å². The molecule has 1 heterocycles. The Kier molecular flexibility index (Phi) is 8.46. The zero-order valence-electron chi connectivity index (χ0n) is 13.2. The first kappa shape index (κ1) is 18.9. The Hall–Kier alpha value is -1.10. The predicted molar refractivity (Wildman–Crippen MR) is 92.5 cm³/mol.